The molecule has 0 spiro atoms. The molecule has 8 heteroatoms. The molecule has 0 radical (unpaired) electrons. The van der Waals surface area contributed by atoms with Crippen molar-refractivity contribution < 1.29 is 22.7 Å². The second kappa shape index (κ2) is 10.0. The number of ether oxygens (including phenoxy) is 1. The normalized spacial score (nSPS) is 12.3. The van der Waals surface area contributed by atoms with E-state index in [2.05, 4.69) is 33.9 Å². The SMILES string of the molecule is CCOC(=O)c1cn(CC)c2c(F)c(-c3cccc(CO[Si](C)(C)C(C)(C)C)c3)c(F)cc2c1=O. The molecule has 1 heterocycles. The Balaban J connectivity index is 2.13. The van der Waals surface area contributed by atoms with Crippen LogP contribution in [0.1, 0.15) is 50.5 Å². The summed E-state index contributed by atoms with van der Waals surface area (Å²) in [5.74, 6) is -2.55. The number of fused-ring (bicyclic) bond motifs is 1. The fourth-order valence-electron chi connectivity index (χ4n) is 3.65. The molecule has 0 N–H and O–H groups in total. The summed E-state index contributed by atoms with van der Waals surface area (Å²) in [4.78, 5) is 25.2. The van der Waals surface area contributed by atoms with Crippen molar-refractivity contribution in [3.8, 4) is 11.1 Å². The lowest BCUT2D eigenvalue weighted by Gasteiger charge is -2.36. The quantitative estimate of drug-likeness (QED) is 0.268. The minimum Gasteiger partial charge on any atom is -0.462 e. The van der Waals surface area contributed by atoms with E-state index in [1.54, 1.807) is 32.0 Å². The smallest absolute Gasteiger partial charge is 0.343 e. The van der Waals surface area contributed by atoms with Crippen molar-refractivity contribution >= 4 is 25.2 Å². The molecule has 0 aliphatic carbocycles. The number of esters is 1. The van der Waals surface area contributed by atoms with Gasteiger partial charge in [-0.1, -0.05) is 39.0 Å². The number of pyridine rings is 1. The van der Waals surface area contributed by atoms with Crippen molar-refractivity contribution in [1.29, 1.82) is 0 Å². The fourth-order valence-corrected chi connectivity index (χ4v) is 4.61. The lowest BCUT2D eigenvalue weighted by atomic mass is 9.99. The van der Waals surface area contributed by atoms with Crippen LogP contribution in [0, 0.1) is 11.6 Å². The number of aromatic nitrogens is 1. The maximum absolute atomic E-state index is 15.8. The Morgan fingerprint density at radius 2 is 1.80 bits per heavy atom. The van der Waals surface area contributed by atoms with Crippen LogP contribution in [-0.4, -0.2) is 25.5 Å². The predicted molar refractivity (Wildman–Crippen MR) is 137 cm³/mol. The van der Waals surface area contributed by atoms with E-state index >= 15 is 8.78 Å². The summed E-state index contributed by atoms with van der Waals surface area (Å²) in [7, 11) is -2.01. The average molecular weight is 502 g/mol. The Morgan fingerprint density at radius 3 is 2.40 bits per heavy atom. The molecule has 5 nitrogen and oxygen atoms in total. The molecular weight excluding hydrogens is 468 g/mol. The Hall–Kier alpha value is -2.84. The highest BCUT2D eigenvalue weighted by Gasteiger charge is 2.37. The number of carbonyl (C=O) groups excluding carboxylic acids is 1. The number of rotatable bonds is 7. The van der Waals surface area contributed by atoms with E-state index < -0.39 is 31.3 Å². The molecule has 2 aromatic carbocycles. The minimum absolute atomic E-state index is 0.0351. The number of aryl methyl sites for hydroxylation is 1. The third kappa shape index (κ3) is 5.23. The van der Waals surface area contributed by atoms with Crippen molar-refractivity contribution in [2.24, 2.45) is 0 Å². The monoisotopic (exact) mass is 501 g/mol. The molecule has 35 heavy (non-hydrogen) atoms. The van der Waals surface area contributed by atoms with E-state index in [0.717, 1.165) is 11.6 Å². The molecule has 0 atom stereocenters. The molecule has 188 valence electrons. The van der Waals surface area contributed by atoms with Gasteiger partial charge in [0.05, 0.1) is 29.7 Å². The average Bonchev–Trinajstić information content (AvgIpc) is 2.78. The molecule has 0 bridgehead atoms. The number of hydrogen-bond donors (Lipinski definition) is 0. The fraction of sp³-hybridized carbons (Fsp3) is 0.407. The minimum atomic E-state index is -2.01. The third-order valence-corrected chi connectivity index (χ3v) is 11.2. The summed E-state index contributed by atoms with van der Waals surface area (Å²) in [6, 6.07) is 7.94. The molecule has 0 saturated carbocycles. The van der Waals surface area contributed by atoms with Gasteiger partial charge in [-0.15, -0.1) is 0 Å². The maximum Gasteiger partial charge on any atom is 0.343 e. The molecule has 0 amide bonds. The zero-order chi connectivity index (χ0) is 26.1. The standard InChI is InChI=1S/C27H33F2NO4Si/c1-8-30-15-20(26(32)33-9-2)25(31)19-14-21(28)22(23(29)24(19)30)18-12-10-11-17(13-18)16-34-35(6,7)27(3,4)5/h10-15H,8-9,16H2,1-7H3. The van der Waals surface area contributed by atoms with Crippen LogP contribution in [0.5, 0.6) is 0 Å². The van der Waals surface area contributed by atoms with E-state index in [4.69, 9.17) is 9.16 Å². The first-order valence-corrected chi connectivity index (χ1v) is 14.7. The predicted octanol–water partition coefficient (Wildman–Crippen LogP) is 6.67. The van der Waals surface area contributed by atoms with Crippen LogP contribution in [0.25, 0.3) is 22.0 Å². The topological polar surface area (TPSA) is 57.5 Å². The number of halogens is 2. The summed E-state index contributed by atoms with van der Waals surface area (Å²) in [6.45, 7) is 14.8. The summed E-state index contributed by atoms with van der Waals surface area (Å²) < 4.78 is 43.8. The zero-order valence-corrected chi connectivity index (χ0v) is 22.4. The van der Waals surface area contributed by atoms with E-state index in [1.165, 1.54) is 10.8 Å². The molecule has 0 unspecified atom stereocenters. The van der Waals surface area contributed by atoms with Crippen molar-refractivity contribution in [2.45, 2.75) is 65.9 Å². The van der Waals surface area contributed by atoms with Crippen LogP contribution in [0.3, 0.4) is 0 Å². The van der Waals surface area contributed by atoms with E-state index in [-0.39, 0.29) is 40.2 Å². The molecule has 0 fully saturated rings. The Kier molecular flexibility index (Phi) is 7.67. The van der Waals surface area contributed by atoms with Gasteiger partial charge in [-0.2, -0.15) is 0 Å². The molecule has 0 aliphatic rings. The maximum atomic E-state index is 15.8. The van der Waals surface area contributed by atoms with Crippen LogP contribution < -0.4 is 5.43 Å². The molecular formula is C27H33F2NO4Si. The first-order chi connectivity index (χ1) is 16.3. The first-order valence-electron chi connectivity index (χ1n) is 11.8. The van der Waals surface area contributed by atoms with Crippen molar-refractivity contribution in [1.82, 2.24) is 4.57 Å². The molecule has 0 aliphatic heterocycles. The second-order valence-electron chi connectivity index (χ2n) is 10.1. The number of benzene rings is 2. The molecule has 1 aromatic heterocycles. The van der Waals surface area contributed by atoms with Crippen LogP contribution in [0.4, 0.5) is 8.78 Å². The van der Waals surface area contributed by atoms with Gasteiger partial charge in [0.25, 0.3) is 0 Å². The summed E-state index contributed by atoms with van der Waals surface area (Å²) >= 11 is 0. The summed E-state index contributed by atoms with van der Waals surface area (Å²) in [5, 5.41) is -0.165. The molecule has 3 rings (SSSR count). The van der Waals surface area contributed by atoms with Crippen LogP contribution in [0.15, 0.2) is 41.3 Å². The van der Waals surface area contributed by atoms with Gasteiger partial charge in [0.1, 0.15) is 11.4 Å². The van der Waals surface area contributed by atoms with Crippen molar-refractivity contribution in [2.75, 3.05) is 6.61 Å². The number of nitrogens with zero attached hydrogens (tertiary/aromatic N) is 1. The number of hydrogen-bond acceptors (Lipinski definition) is 4. The van der Waals surface area contributed by atoms with E-state index in [0.29, 0.717) is 12.2 Å². The van der Waals surface area contributed by atoms with E-state index in [1.807, 2.05) is 6.07 Å². The highest BCUT2D eigenvalue weighted by Crippen LogP contribution is 2.37. The first kappa shape index (κ1) is 26.8. The van der Waals surface area contributed by atoms with Gasteiger partial charge in [-0.25, -0.2) is 13.6 Å². The second-order valence-corrected chi connectivity index (χ2v) is 14.9. The highest BCUT2D eigenvalue weighted by molar-refractivity contribution is 6.74. The number of carbonyl (C=O) groups is 1. The lowest BCUT2D eigenvalue weighted by Crippen LogP contribution is -2.40. The van der Waals surface area contributed by atoms with Crippen LogP contribution in [-0.2, 0) is 22.3 Å². The Labute approximate surface area is 205 Å². The van der Waals surface area contributed by atoms with Gasteiger partial charge < -0.3 is 13.7 Å². The van der Waals surface area contributed by atoms with Gasteiger partial charge in [-0.05, 0) is 55.2 Å². The van der Waals surface area contributed by atoms with Gasteiger partial charge >= 0.3 is 5.97 Å². The van der Waals surface area contributed by atoms with E-state index in [9.17, 15) is 9.59 Å². The highest BCUT2D eigenvalue weighted by atomic mass is 28.4. The molecule has 3 aromatic rings. The Morgan fingerprint density at radius 1 is 1.11 bits per heavy atom. The third-order valence-electron chi connectivity index (χ3n) is 6.71. The zero-order valence-electron chi connectivity index (χ0n) is 21.4. The summed E-state index contributed by atoms with van der Waals surface area (Å²) in [6.07, 6.45) is 1.27. The van der Waals surface area contributed by atoms with Crippen molar-refractivity contribution in [3.05, 3.63) is 69.5 Å². The largest absolute Gasteiger partial charge is 0.462 e. The van der Waals surface area contributed by atoms with Crippen LogP contribution in [0.2, 0.25) is 18.1 Å². The van der Waals surface area contributed by atoms with Crippen LogP contribution >= 0.6 is 0 Å². The van der Waals surface area contributed by atoms with Gasteiger partial charge in [0, 0.05) is 12.7 Å². The van der Waals surface area contributed by atoms with Crippen molar-refractivity contribution in [3.63, 3.8) is 0 Å². The molecule has 0 saturated heterocycles. The van der Waals surface area contributed by atoms with Gasteiger partial charge in [0.15, 0.2) is 14.1 Å². The Bertz CT molecular complexity index is 1330. The van der Waals surface area contributed by atoms with Gasteiger partial charge in [-0.3, -0.25) is 4.79 Å². The van der Waals surface area contributed by atoms with Gasteiger partial charge in [0.2, 0.25) is 5.43 Å². The summed E-state index contributed by atoms with van der Waals surface area (Å²) in [5.41, 5.74) is -0.136. The lowest BCUT2D eigenvalue weighted by molar-refractivity contribution is 0.0524.